The summed E-state index contributed by atoms with van der Waals surface area (Å²) in [5, 5.41) is 26.5. The second kappa shape index (κ2) is 20.6. The molecule has 4 aromatic carbocycles. The SMILES string of the molecule is Cc1cc(Cl)cnc1N.Cc1ccc(C(Nc2ncc(Cl)cc2C)c2ccc3cccnc3c2O)cc1F.O=Cc1ccc(C(F)(F)F)c(F)c1.Oc1cccc2cccnc12. The van der Waals surface area contributed by atoms with Gasteiger partial charge in [-0.3, -0.25) is 14.8 Å². The standard InChI is InChI=1S/C23H19ClFN3O.C9H7NO.C8H4F4O.C6H7ClN2/c1-13-5-6-16(11-19(13)25)20(28-23-14(2)10-17(24)12-27-23)18-8-7-15-4-3-9-26-21(15)22(18)29;11-8-5-1-3-7-4-2-6-10-9(7)8;9-7-3-5(4-13)1-2-6(7)8(10,11)12;1-4-2-5(7)3-9-6(4)8/h3-12,20,29H,1-2H3,(H,27,28);1-6,11H;1-4H;2-3H,1H3,(H2,8,9). The van der Waals surface area contributed by atoms with Crippen molar-refractivity contribution in [3.05, 3.63) is 189 Å². The third-order valence-electron chi connectivity index (χ3n) is 9.08. The number of rotatable bonds is 5. The molecule has 16 heteroatoms. The van der Waals surface area contributed by atoms with Gasteiger partial charge < -0.3 is 21.3 Å². The van der Waals surface area contributed by atoms with E-state index in [1.54, 1.807) is 55.8 Å². The fourth-order valence-corrected chi connectivity index (χ4v) is 6.23. The number of hydrogen-bond donors (Lipinski definition) is 4. The first-order valence-corrected chi connectivity index (χ1v) is 19.2. The largest absolute Gasteiger partial charge is 0.506 e. The zero-order chi connectivity index (χ0) is 45.1. The number of carbonyl (C=O) groups is 1. The van der Waals surface area contributed by atoms with Gasteiger partial charge in [0.15, 0.2) is 0 Å². The molecule has 62 heavy (non-hydrogen) atoms. The molecule has 4 heterocycles. The van der Waals surface area contributed by atoms with Crippen LogP contribution in [0.15, 0.2) is 128 Å². The summed E-state index contributed by atoms with van der Waals surface area (Å²) in [6.45, 7) is 5.47. The van der Waals surface area contributed by atoms with Crippen LogP contribution in [-0.4, -0.2) is 36.4 Å². The molecule has 0 aliphatic rings. The van der Waals surface area contributed by atoms with E-state index >= 15 is 0 Å². The number of phenols is 2. The third kappa shape index (κ3) is 11.9. The number of nitrogens with zero attached hydrogens (tertiary/aromatic N) is 4. The molecule has 0 radical (unpaired) electrons. The van der Waals surface area contributed by atoms with Gasteiger partial charge in [-0.05, 0) is 91.6 Å². The number of aryl methyl sites for hydroxylation is 3. The van der Waals surface area contributed by atoms with Crippen LogP contribution >= 0.6 is 23.2 Å². The number of carbonyl (C=O) groups excluding carboxylic acids is 1. The molecule has 8 aromatic rings. The van der Waals surface area contributed by atoms with Gasteiger partial charge in [-0.1, -0.05) is 77.8 Å². The number of nitrogens with one attached hydrogen (secondary N) is 1. The molecule has 0 saturated heterocycles. The van der Waals surface area contributed by atoms with E-state index < -0.39 is 23.6 Å². The molecule has 8 rings (SSSR count). The first-order valence-electron chi connectivity index (χ1n) is 18.4. The maximum atomic E-state index is 14.3. The molecule has 0 bridgehead atoms. The number of nitrogen functional groups attached to an aromatic ring is 1. The number of hydrogen-bond acceptors (Lipinski definition) is 9. The summed E-state index contributed by atoms with van der Waals surface area (Å²) >= 11 is 11.6. The molecule has 0 aliphatic heterocycles. The van der Waals surface area contributed by atoms with Crippen molar-refractivity contribution in [2.45, 2.75) is 33.0 Å². The molecule has 0 saturated carbocycles. The number of benzene rings is 4. The van der Waals surface area contributed by atoms with Crippen molar-refractivity contribution >= 4 is 62.9 Å². The predicted molar refractivity (Wildman–Crippen MR) is 233 cm³/mol. The lowest BCUT2D eigenvalue weighted by Crippen LogP contribution is -2.15. The number of alkyl halides is 3. The van der Waals surface area contributed by atoms with Crippen molar-refractivity contribution in [2.24, 2.45) is 0 Å². The summed E-state index contributed by atoms with van der Waals surface area (Å²) in [6.07, 6.45) is 1.94. The Morgan fingerprint density at radius 2 is 1.32 bits per heavy atom. The highest BCUT2D eigenvalue weighted by molar-refractivity contribution is 6.30. The number of nitrogens with two attached hydrogens (primary N) is 1. The monoisotopic (exact) mass is 886 g/mol. The van der Waals surface area contributed by atoms with Gasteiger partial charge in [-0.25, -0.2) is 18.7 Å². The van der Waals surface area contributed by atoms with Crippen molar-refractivity contribution in [3.63, 3.8) is 0 Å². The normalized spacial score (nSPS) is 11.3. The molecule has 0 amide bonds. The Morgan fingerprint density at radius 1 is 0.694 bits per heavy atom. The van der Waals surface area contributed by atoms with Crippen molar-refractivity contribution in [3.8, 4) is 11.5 Å². The Morgan fingerprint density at radius 3 is 1.90 bits per heavy atom. The minimum absolute atomic E-state index is 0.0493. The minimum Gasteiger partial charge on any atom is -0.506 e. The van der Waals surface area contributed by atoms with Crippen molar-refractivity contribution in [1.29, 1.82) is 0 Å². The zero-order valence-electron chi connectivity index (χ0n) is 33.1. The maximum Gasteiger partial charge on any atom is 0.419 e. The van der Waals surface area contributed by atoms with Crippen molar-refractivity contribution in [1.82, 2.24) is 19.9 Å². The Bertz CT molecular complexity index is 2840. The van der Waals surface area contributed by atoms with E-state index in [1.165, 1.54) is 12.3 Å². The quantitative estimate of drug-likeness (QED) is 0.0979. The fraction of sp³-hybridized carbons (Fsp3) is 0.109. The minimum atomic E-state index is -4.72. The van der Waals surface area contributed by atoms with Crippen LogP contribution in [0.25, 0.3) is 21.8 Å². The van der Waals surface area contributed by atoms with E-state index in [4.69, 9.17) is 28.9 Å². The van der Waals surface area contributed by atoms with Crippen LogP contribution in [0.3, 0.4) is 0 Å². The van der Waals surface area contributed by atoms with E-state index in [1.807, 2.05) is 62.4 Å². The maximum absolute atomic E-state index is 14.3. The molecule has 9 nitrogen and oxygen atoms in total. The Balaban J connectivity index is 0.000000180. The van der Waals surface area contributed by atoms with E-state index in [-0.39, 0.29) is 29.2 Å². The van der Waals surface area contributed by atoms with Gasteiger partial charge in [0.1, 0.15) is 52.1 Å². The van der Waals surface area contributed by atoms with Crippen LogP contribution in [0.5, 0.6) is 11.5 Å². The highest BCUT2D eigenvalue weighted by Crippen LogP contribution is 2.37. The topological polar surface area (TPSA) is 147 Å². The smallest absolute Gasteiger partial charge is 0.419 e. The number of aldehydes is 1. The molecule has 0 fully saturated rings. The highest BCUT2D eigenvalue weighted by Gasteiger charge is 2.33. The van der Waals surface area contributed by atoms with Crippen LogP contribution in [0, 0.1) is 32.4 Å². The van der Waals surface area contributed by atoms with Crippen LogP contribution in [-0.2, 0) is 6.18 Å². The van der Waals surface area contributed by atoms with Crippen molar-refractivity contribution < 1.29 is 37.0 Å². The highest BCUT2D eigenvalue weighted by atomic mass is 35.5. The lowest BCUT2D eigenvalue weighted by molar-refractivity contribution is -0.140. The molecular formula is C46H37Cl2F5N6O3. The lowest BCUT2D eigenvalue weighted by atomic mass is 9.95. The number of phenolic OH excluding ortho intramolecular Hbond substituents is 2. The predicted octanol–water partition coefficient (Wildman–Crippen LogP) is 12.2. The molecule has 4 aromatic heterocycles. The molecule has 5 N–H and O–H groups in total. The number of fused-ring (bicyclic) bond motifs is 2. The summed E-state index contributed by atoms with van der Waals surface area (Å²) in [5.74, 6) is -0.317. The molecule has 318 valence electrons. The van der Waals surface area contributed by atoms with Gasteiger partial charge in [0, 0.05) is 46.7 Å². The van der Waals surface area contributed by atoms with Crippen LogP contribution < -0.4 is 11.1 Å². The van der Waals surface area contributed by atoms with Gasteiger partial charge in [-0.15, -0.1) is 0 Å². The van der Waals surface area contributed by atoms with Gasteiger partial charge in [0.05, 0.1) is 21.7 Å². The second-order valence-corrected chi connectivity index (χ2v) is 14.4. The third-order valence-corrected chi connectivity index (χ3v) is 9.49. The fourth-order valence-electron chi connectivity index (χ4n) is 5.81. The summed E-state index contributed by atoms with van der Waals surface area (Å²) in [5.41, 5.74) is 8.64. The Hall–Kier alpha value is -6.90. The van der Waals surface area contributed by atoms with Crippen LogP contribution in [0.1, 0.15) is 49.8 Å². The zero-order valence-corrected chi connectivity index (χ0v) is 34.6. The van der Waals surface area contributed by atoms with E-state index in [0.29, 0.717) is 61.5 Å². The van der Waals surface area contributed by atoms with E-state index in [2.05, 4.69) is 25.3 Å². The average Bonchev–Trinajstić information content (AvgIpc) is 3.24. The number of anilines is 2. The Labute approximate surface area is 362 Å². The van der Waals surface area contributed by atoms with E-state index in [9.17, 15) is 37.0 Å². The summed E-state index contributed by atoms with van der Waals surface area (Å²) < 4.78 is 62.9. The number of aromatic hydroxyl groups is 2. The van der Waals surface area contributed by atoms with Crippen LogP contribution in [0.4, 0.5) is 33.6 Å². The van der Waals surface area contributed by atoms with Crippen LogP contribution in [0.2, 0.25) is 10.0 Å². The Kier molecular flexibility index (Phi) is 15.3. The van der Waals surface area contributed by atoms with Gasteiger partial charge in [0.2, 0.25) is 0 Å². The number of halogens is 7. The summed E-state index contributed by atoms with van der Waals surface area (Å²) in [7, 11) is 0. The summed E-state index contributed by atoms with van der Waals surface area (Å²) in [4.78, 5) is 26.6. The lowest BCUT2D eigenvalue weighted by Gasteiger charge is -2.23. The first kappa shape index (κ1) is 46.2. The molecule has 1 atom stereocenters. The number of pyridine rings is 4. The van der Waals surface area contributed by atoms with Crippen molar-refractivity contribution in [2.75, 3.05) is 11.1 Å². The molecule has 0 spiro atoms. The van der Waals surface area contributed by atoms with Gasteiger partial charge in [0.25, 0.3) is 0 Å². The molecule has 1 unspecified atom stereocenters. The van der Waals surface area contributed by atoms with Gasteiger partial charge in [-0.2, -0.15) is 13.2 Å². The van der Waals surface area contributed by atoms with Gasteiger partial charge >= 0.3 is 6.18 Å². The second-order valence-electron chi connectivity index (χ2n) is 13.5. The molecular weight excluding hydrogens is 850 g/mol. The number of aromatic nitrogens is 4. The first-order chi connectivity index (χ1) is 29.5. The average molecular weight is 888 g/mol. The number of para-hydroxylation sites is 1. The summed E-state index contributed by atoms with van der Waals surface area (Å²) in [6, 6.07) is 26.6. The molecule has 0 aliphatic carbocycles. The van der Waals surface area contributed by atoms with E-state index in [0.717, 1.165) is 28.0 Å².